The summed E-state index contributed by atoms with van der Waals surface area (Å²) in [5.74, 6) is 0.645. The summed E-state index contributed by atoms with van der Waals surface area (Å²) in [6, 6.07) is 1.07. The van der Waals surface area contributed by atoms with E-state index in [4.69, 9.17) is 10.5 Å². The summed E-state index contributed by atoms with van der Waals surface area (Å²) >= 11 is 0. The molecule has 0 aliphatic carbocycles. The molecule has 3 heteroatoms. The Labute approximate surface area is 100 Å². The van der Waals surface area contributed by atoms with E-state index in [0.29, 0.717) is 18.0 Å². The monoisotopic (exact) mass is 228 g/mol. The highest BCUT2D eigenvalue weighted by Crippen LogP contribution is 2.15. The highest BCUT2D eigenvalue weighted by atomic mass is 16.5. The molecular formula is C13H28N2O. The zero-order valence-electron chi connectivity index (χ0n) is 11.1. The predicted octanol–water partition coefficient (Wildman–Crippen LogP) is 1.86. The van der Waals surface area contributed by atoms with Gasteiger partial charge in [0.2, 0.25) is 0 Å². The van der Waals surface area contributed by atoms with Gasteiger partial charge in [0.05, 0.1) is 0 Å². The van der Waals surface area contributed by atoms with Crippen LogP contribution in [0.15, 0.2) is 0 Å². The Morgan fingerprint density at radius 3 is 2.81 bits per heavy atom. The fourth-order valence-electron chi connectivity index (χ4n) is 2.28. The van der Waals surface area contributed by atoms with Gasteiger partial charge >= 0.3 is 0 Å². The average molecular weight is 228 g/mol. The van der Waals surface area contributed by atoms with Crippen molar-refractivity contribution in [3.63, 3.8) is 0 Å². The van der Waals surface area contributed by atoms with Crippen LogP contribution in [0.1, 0.15) is 40.0 Å². The van der Waals surface area contributed by atoms with Crippen molar-refractivity contribution in [1.82, 2.24) is 4.90 Å². The van der Waals surface area contributed by atoms with Crippen LogP contribution >= 0.6 is 0 Å². The quantitative estimate of drug-likeness (QED) is 0.705. The van der Waals surface area contributed by atoms with Gasteiger partial charge in [0.25, 0.3) is 0 Å². The van der Waals surface area contributed by atoms with Gasteiger partial charge < -0.3 is 15.4 Å². The third-order valence-corrected chi connectivity index (χ3v) is 3.24. The normalized spacial score (nSPS) is 27.6. The summed E-state index contributed by atoms with van der Waals surface area (Å²) in [7, 11) is 0. The van der Waals surface area contributed by atoms with Gasteiger partial charge in [-0.05, 0) is 38.6 Å². The van der Waals surface area contributed by atoms with Crippen molar-refractivity contribution in [3.8, 4) is 0 Å². The molecule has 0 radical (unpaired) electrons. The lowest BCUT2D eigenvalue weighted by molar-refractivity contribution is 0.0856. The Kier molecular flexibility index (Phi) is 6.32. The molecule has 1 aliphatic heterocycles. The molecule has 0 amide bonds. The lowest BCUT2D eigenvalue weighted by atomic mass is 9.99. The highest BCUT2D eigenvalue weighted by molar-refractivity contribution is 4.80. The van der Waals surface area contributed by atoms with Crippen LogP contribution in [-0.2, 0) is 4.74 Å². The molecule has 2 atom stereocenters. The second kappa shape index (κ2) is 7.25. The molecule has 1 rings (SSSR count). The van der Waals surface area contributed by atoms with Gasteiger partial charge in [0.15, 0.2) is 0 Å². The number of nitrogens with zero attached hydrogens (tertiary/aromatic N) is 1. The fraction of sp³-hybridized carbons (Fsp3) is 1.00. The Bertz CT molecular complexity index is 185. The molecular weight excluding hydrogens is 200 g/mol. The van der Waals surface area contributed by atoms with Crippen molar-refractivity contribution >= 4 is 0 Å². The van der Waals surface area contributed by atoms with Crippen LogP contribution < -0.4 is 5.73 Å². The zero-order chi connectivity index (χ0) is 12.0. The molecule has 16 heavy (non-hydrogen) atoms. The zero-order valence-corrected chi connectivity index (χ0v) is 11.1. The summed E-state index contributed by atoms with van der Waals surface area (Å²) in [5.41, 5.74) is 5.95. The second-order valence-corrected chi connectivity index (χ2v) is 5.49. The van der Waals surface area contributed by atoms with Crippen LogP contribution in [0.5, 0.6) is 0 Å². The number of nitrogens with two attached hydrogens (primary N) is 1. The van der Waals surface area contributed by atoms with Gasteiger partial charge in [-0.2, -0.15) is 0 Å². The third kappa shape index (κ3) is 5.28. The number of hydrogen-bond donors (Lipinski definition) is 1. The van der Waals surface area contributed by atoms with Crippen LogP contribution in [0.4, 0.5) is 0 Å². The molecule has 0 aromatic rings. The van der Waals surface area contributed by atoms with Crippen LogP contribution in [0.3, 0.4) is 0 Å². The number of piperidine rings is 1. The molecule has 0 bridgehead atoms. The summed E-state index contributed by atoms with van der Waals surface area (Å²) in [5, 5.41) is 0. The maximum absolute atomic E-state index is 5.95. The Morgan fingerprint density at radius 1 is 1.44 bits per heavy atom. The van der Waals surface area contributed by atoms with E-state index in [1.165, 1.54) is 0 Å². The summed E-state index contributed by atoms with van der Waals surface area (Å²) in [6.07, 6.45) is 3.44. The van der Waals surface area contributed by atoms with E-state index in [9.17, 15) is 0 Å². The van der Waals surface area contributed by atoms with E-state index in [2.05, 4.69) is 25.7 Å². The van der Waals surface area contributed by atoms with Gasteiger partial charge in [-0.1, -0.05) is 13.8 Å². The predicted molar refractivity (Wildman–Crippen MR) is 68.5 cm³/mol. The second-order valence-electron chi connectivity index (χ2n) is 5.49. The topological polar surface area (TPSA) is 38.5 Å². The van der Waals surface area contributed by atoms with Gasteiger partial charge in [-0.15, -0.1) is 0 Å². The fourth-order valence-corrected chi connectivity index (χ4v) is 2.28. The van der Waals surface area contributed by atoms with Crippen LogP contribution in [0.2, 0.25) is 0 Å². The smallest absolute Gasteiger partial charge is 0.0489 e. The first-order chi connectivity index (χ1) is 7.59. The molecule has 96 valence electrons. The van der Waals surface area contributed by atoms with Gasteiger partial charge in [0, 0.05) is 31.8 Å². The molecule has 1 saturated heterocycles. The van der Waals surface area contributed by atoms with E-state index in [1.807, 2.05) is 0 Å². The first-order valence-electron chi connectivity index (χ1n) is 6.67. The molecule has 2 unspecified atom stereocenters. The molecule has 0 aromatic carbocycles. The minimum atomic E-state index is 0.420. The molecule has 1 aliphatic rings. The number of rotatable bonds is 6. The van der Waals surface area contributed by atoms with Gasteiger partial charge in [0.1, 0.15) is 0 Å². The summed E-state index contributed by atoms with van der Waals surface area (Å²) in [6.45, 7) is 10.8. The van der Waals surface area contributed by atoms with E-state index < -0.39 is 0 Å². The largest absolute Gasteiger partial charge is 0.381 e. The van der Waals surface area contributed by atoms with Crippen molar-refractivity contribution < 1.29 is 4.74 Å². The van der Waals surface area contributed by atoms with Crippen LogP contribution in [-0.4, -0.2) is 43.3 Å². The average Bonchev–Trinajstić information content (AvgIpc) is 2.20. The van der Waals surface area contributed by atoms with Crippen LogP contribution in [0.25, 0.3) is 0 Å². The number of ether oxygens (including phenoxy) is 1. The van der Waals surface area contributed by atoms with E-state index >= 15 is 0 Å². The molecule has 0 aromatic heterocycles. The summed E-state index contributed by atoms with van der Waals surface area (Å²) in [4.78, 5) is 2.54. The maximum atomic E-state index is 5.95. The third-order valence-electron chi connectivity index (χ3n) is 3.24. The van der Waals surface area contributed by atoms with Crippen molar-refractivity contribution in [3.05, 3.63) is 0 Å². The molecule has 1 fully saturated rings. The van der Waals surface area contributed by atoms with Crippen molar-refractivity contribution in [2.75, 3.05) is 26.3 Å². The SMILES string of the molecule is CC(C)COCCCN1CCC(N)CC1C. The first kappa shape index (κ1) is 13.9. The standard InChI is InChI=1S/C13H28N2O/c1-11(2)10-16-8-4-6-15-7-5-13(14)9-12(15)3/h11-13H,4-10,14H2,1-3H3. The number of likely N-dealkylation sites (tertiary alicyclic amines) is 1. The van der Waals surface area contributed by atoms with Crippen molar-refractivity contribution in [1.29, 1.82) is 0 Å². The lowest BCUT2D eigenvalue weighted by Crippen LogP contribution is -2.45. The Hall–Kier alpha value is -0.120. The Balaban J connectivity index is 2.04. The summed E-state index contributed by atoms with van der Waals surface area (Å²) < 4.78 is 5.59. The van der Waals surface area contributed by atoms with Gasteiger partial charge in [-0.25, -0.2) is 0 Å². The van der Waals surface area contributed by atoms with E-state index in [-0.39, 0.29) is 0 Å². The molecule has 0 saturated carbocycles. The maximum Gasteiger partial charge on any atom is 0.0489 e. The molecule has 1 heterocycles. The molecule has 0 spiro atoms. The minimum Gasteiger partial charge on any atom is -0.381 e. The minimum absolute atomic E-state index is 0.420. The van der Waals surface area contributed by atoms with E-state index in [0.717, 1.165) is 45.6 Å². The number of hydrogen-bond acceptors (Lipinski definition) is 3. The Morgan fingerprint density at radius 2 is 2.19 bits per heavy atom. The highest BCUT2D eigenvalue weighted by Gasteiger charge is 2.22. The molecule has 3 nitrogen and oxygen atoms in total. The van der Waals surface area contributed by atoms with Crippen molar-refractivity contribution in [2.45, 2.75) is 52.1 Å². The molecule has 2 N–H and O–H groups in total. The van der Waals surface area contributed by atoms with E-state index in [1.54, 1.807) is 0 Å². The van der Waals surface area contributed by atoms with Crippen LogP contribution in [0, 0.1) is 5.92 Å². The first-order valence-corrected chi connectivity index (χ1v) is 6.67. The van der Waals surface area contributed by atoms with Crippen molar-refractivity contribution in [2.24, 2.45) is 11.7 Å². The van der Waals surface area contributed by atoms with Gasteiger partial charge in [-0.3, -0.25) is 0 Å². The lowest BCUT2D eigenvalue weighted by Gasteiger charge is -2.36.